The zero-order valence-corrected chi connectivity index (χ0v) is 9.52. The van der Waals surface area contributed by atoms with Crippen molar-refractivity contribution in [2.75, 3.05) is 13.1 Å². The van der Waals surface area contributed by atoms with Crippen LogP contribution in [0.4, 0.5) is 0 Å². The minimum absolute atomic E-state index is 0.255. The number of nitrogens with zero attached hydrogens (tertiary/aromatic N) is 1. The van der Waals surface area contributed by atoms with Gasteiger partial charge in [0.05, 0.1) is 0 Å². The third-order valence-corrected chi connectivity index (χ3v) is 3.59. The Morgan fingerprint density at radius 2 is 1.56 bits per heavy atom. The van der Waals surface area contributed by atoms with Crippen molar-refractivity contribution in [3.05, 3.63) is 0 Å². The van der Waals surface area contributed by atoms with E-state index in [1.807, 2.05) is 4.90 Å². The lowest BCUT2D eigenvalue weighted by atomic mass is 9.93. The third kappa shape index (κ3) is 3.22. The number of hydrogen-bond acceptors (Lipinski definition) is 2. The molecule has 90 valence electrons. The van der Waals surface area contributed by atoms with Crippen molar-refractivity contribution in [1.29, 1.82) is 0 Å². The fraction of sp³-hybridized carbons (Fsp3) is 0.833. The fourth-order valence-electron chi connectivity index (χ4n) is 2.33. The Morgan fingerprint density at radius 1 is 1.00 bits per heavy atom. The maximum Gasteiger partial charge on any atom is 0.303 e. The van der Waals surface area contributed by atoms with E-state index in [1.54, 1.807) is 0 Å². The second-order valence-electron chi connectivity index (χ2n) is 5.07. The molecule has 16 heavy (non-hydrogen) atoms. The average molecular weight is 225 g/mol. The van der Waals surface area contributed by atoms with Crippen molar-refractivity contribution in [3.63, 3.8) is 0 Å². The second-order valence-corrected chi connectivity index (χ2v) is 5.07. The van der Waals surface area contributed by atoms with E-state index in [0.717, 1.165) is 25.9 Å². The molecule has 2 aliphatic rings. The number of aliphatic carboxylic acids is 1. The fourth-order valence-corrected chi connectivity index (χ4v) is 2.33. The van der Waals surface area contributed by atoms with Gasteiger partial charge in [-0.1, -0.05) is 0 Å². The predicted molar refractivity (Wildman–Crippen MR) is 58.9 cm³/mol. The van der Waals surface area contributed by atoms with Gasteiger partial charge in [-0.15, -0.1) is 0 Å². The Hall–Kier alpha value is -1.06. The van der Waals surface area contributed by atoms with Crippen molar-refractivity contribution in [3.8, 4) is 0 Å². The summed E-state index contributed by atoms with van der Waals surface area (Å²) in [6.45, 7) is 1.51. The lowest BCUT2D eigenvalue weighted by molar-refractivity contribution is -0.138. The van der Waals surface area contributed by atoms with E-state index in [9.17, 15) is 9.59 Å². The number of rotatable bonds is 4. The van der Waals surface area contributed by atoms with Crippen LogP contribution >= 0.6 is 0 Å². The van der Waals surface area contributed by atoms with Crippen LogP contribution in [-0.2, 0) is 9.59 Å². The summed E-state index contributed by atoms with van der Waals surface area (Å²) >= 11 is 0. The van der Waals surface area contributed by atoms with Crippen molar-refractivity contribution in [2.45, 2.75) is 38.5 Å². The van der Waals surface area contributed by atoms with Crippen LogP contribution in [0.15, 0.2) is 0 Å². The molecule has 0 spiro atoms. The van der Waals surface area contributed by atoms with E-state index in [2.05, 4.69) is 0 Å². The highest BCUT2D eigenvalue weighted by atomic mass is 16.4. The van der Waals surface area contributed by atoms with Crippen molar-refractivity contribution < 1.29 is 14.7 Å². The van der Waals surface area contributed by atoms with Crippen LogP contribution in [0.3, 0.4) is 0 Å². The lowest BCUT2D eigenvalue weighted by Gasteiger charge is -2.31. The molecule has 1 saturated heterocycles. The lowest BCUT2D eigenvalue weighted by Crippen LogP contribution is -2.39. The monoisotopic (exact) mass is 225 g/mol. The molecule has 0 bridgehead atoms. The second kappa shape index (κ2) is 4.85. The largest absolute Gasteiger partial charge is 0.481 e. The van der Waals surface area contributed by atoms with Gasteiger partial charge in [-0.05, 0) is 37.5 Å². The molecule has 1 aliphatic carbocycles. The van der Waals surface area contributed by atoms with Crippen molar-refractivity contribution in [1.82, 2.24) is 4.90 Å². The Labute approximate surface area is 95.6 Å². The molecule has 0 unspecified atom stereocenters. The number of carboxylic acids is 1. The van der Waals surface area contributed by atoms with Gasteiger partial charge in [-0.3, -0.25) is 9.59 Å². The van der Waals surface area contributed by atoms with Crippen LogP contribution in [0, 0.1) is 11.8 Å². The maximum atomic E-state index is 11.8. The van der Waals surface area contributed by atoms with Gasteiger partial charge >= 0.3 is 5.97 Å². The number of carbonyl (C=O) groups is 2. The topological polar surface area (TPSA) is 57.6 Å². The number of carbonyl (C=O) groups excluding carboxylic acids is 1. The van der Waals surface area contributed by atoms with E-state index in [-0.39, 0.29) is 18.2 Å². The summed E-state index contributed by atoms with van der Waals surface area (Å²) in [6.07, 6.45) is 5.09. The van der Waals surface area contributed by atoms with E-state index >= 15 is 0 Å². The van der Waals surface area contributed by atoms with E-state index < -0.39 is 5.97 Å². The highest BCUT2D eigenvalue weighted by molar-refractivity contribution is 5.76. The first kappa shape index (κ1) is 11.4. The summed E-state index contributed by atoms with van der Waals surface area (Å²) in [5.41, 5.74) is 0. The molecule has 4 nitrogen and oxygen atoms in total. The molecule has 0 atom stereocenters. The SMILES string of the molecule is O=C(O)CC1CCN(C(=O)CC2CC2)CC1. The van der Waals surface area contributed by atoms with Gasteiger partial charge < -0.3 is 10.0 Å². The molecule has 0 aromatic heterocycles. The Morgan fingerprint density at radius 3 is 2.06 bits per heavy atom. The van der Waals surface area contributed by atoms with E-state index in [4.69, 9.17) is 5.11 Å². The number of carboxylic acid groups (broad SMARTS) is 1. The number of hydrogen-bond donors (Lipinski definition) is 1. The molecular weight excluding hydrogens is 206 g/mol. The molecule has 1 saturated carbocycles. The van der Waals surface area contributed by atoms with Gasteiger partial charge in [0.1, 0.15) is 0 Å². The zero-order valence-electron chi connectivity index (χ0n) is 9.52. The van der Waals surface area contributed by atoms with Gasteiger partial charge in [-0.2, -0.15) is 0 Å². The third-order valence-electron chi connectivity index (χ3n) is 3.59. The first-order chi connectivity index (χ1) is 7.65. The summed E-state index contributed by atoms with van der Waals surface area (Å²) < 4.78 is 0. The first-order valence-corrected chi connectivity index (χ1v) is 6.14. The standard InChI is InChI=1S/C12H19NO3/c14-11(7-9-1-2-9)13-5-3-10(4-6-13)8-12(15)16/h9-10H,1-8H2,(H,15,16). The van der Waals surface area contributed by atoms with Crippen LogP contribution < -0.4 is 0 Å². The number of amides is 1. The van der Waals surface area contributed by atoms with Crippen LogP contribution in [0.25, 0.3) is 0 Å². The number of piperidine rings is 1. The summed E-state index contributed by atoms with van der Waals surface area (Å²) in [5.74, 6) is 0.464. The Bertz CT molecular complexity index is 278. The Balaban J connectivity index is 1.71. The zero-order chi connectivity index (χ0) is 11.5. The summed E-state index contributed by atoms with van der Waals surface area (Å²) in [6, 6.07) is 0. The van der Waals surface area contributed by atoms with Gasteiger partial charge in [-0.25, -0.2) is 0 Å². The predicted octanol–water partition coefficient (Wildman–Crippen LogP) is 1.50. The molecular formula is C12H19NO3. The molecule has 1 aliphatic heterocycles. The number of likely N-dealkylation sites (tertiary alicyclic amines) is 1. The maximum absolute atomic E-state index is 11.8. The van der Waals surface area contributed by atoms with E-state index in [0.29, 0.717) is 12.3 Å². The summed E-state index contributed by atoms with van der Waals surface area (Å²) in [7, 11) is 0. The molecule has 0 radical (unpaired) electrons. The van der Waals surface area contributed by atoms with Crippen LogP contribution in [0.2, 0.25) is 0 Å². The van der Waals surface area contributed by atoms with E-state index in [1.165, 1.54) is 12.8 Å². The summed E-state index contributed by atoms with van der Waals surface area (Å²) in [4.78, 5) is 24.3. The minimum Gasteiger partial charge on any atom is -0.481 e. The summed E-state index contributed by atoms with van der Waals surface area (Å²) in [5, 5.41) is 8.69. The molecule has 4 heteroatoms. The van der Waals surface area contributed by atoms with Crippen molar-refractivity contribution >= 4 is 11.9 Å². The normalized spacial score (nSPS) is 22.1. The van der Waals surface area contributed by atoms with Crippen LogP contribution in [-0.4, -0.2) is 35.0 Å². The quantitative estimate of drug-likeness (QED) is 0.788. The molecule has 2 fully saturated rings. The van der Waals surface area contributed by atoms with Crippen LogP contribution in [0.1, 0.15) is 38.5 Å². The van der Waals surface area contributed by atoms with Gasteiger partial charge in [0.2, 0.25) is 5.91 Å². The molecule has 1 heterocycles. The Kier molecular flexibility index (Phi) is 3.46. The van der Waals surface area contributed by atoms with Gasteiger partial charge in [0.15, 0.2) is 0 Å². The molecule has 1 N–H and O–H groups in total. The average Bonchev–Trinajstić information content (AvgIpc) is 3.01. The minimum atomic E-state index is -0.720. The molecule has 2 rings (SSSR count). The van der Waals surface area contributed by atoms with Gasteiger partial charge in [0.25, 0.3) is 0 Å². The molecule has 1 amide bonds. The van der Waals surface area contributed by atoms with Crippen molar-refractivity contribution in [2.24, 2.45) is 11.8 Å². The highest BCUT2D eigenvalue weighted by Gasteiger charge is 2.29. The molecule has 0 aromatic carbocycles. The first-order valence-electron chi connectivity index (χ1n) is 6.14. The smallest absolute Gasteiger partial charge is 0.303 e. The molecule has 0 aromatic rings. The van der Waals surface area contributed by atoms with Crippen LogP contribution in [0.5, 0.6) is 0 Å². The van der Waals surface area contributed by atoms with Gasteiger partial charge in [0, 0.05) is 25.9 Å². The highest BCUT2D eigenvalue weighted by Crippen LogP contribution is 2.33.